The lowest BCUT2D eigenvalue weighted by Gasteiger charge is -2.21. The summed E-state index contributed by atoms with van der Waals surface area (Å²) < 4.78 is 29.2. The molecule has 0 amide bonds. The Morgan fingerprint density at radius 3 is 0.736 bits per heavy atom. The number of nitrogens with zero attached hydrogens (tertiary/aromatic N) is 6. The number of thiophene rings is 1. The Bertz CT molecular complexity index is 9410. The number of aromatic nitrogens is 6. The van der Waals surface area contributed by atoms with Crippen molar-refractivity contribution < 1.29 is 8.83 Å². The smallest absolute Gasteiger partial charge is 0.137 e. The number of para-hydroxylation sites is 14. The second kappa shape index (κ2) is 41.2. The molecule has 0 radical (unpaired) electrons. The summed E-state index contributed by atoms with van der Waals surface area (Å²) in [4.78, 5) is 0. The van der Waals surface area contributed by atoms with Crippen LogP contribution in [0.15, 0.2) is 494 Å². The molecule has 9 aromatic heterocycles. The van der Waals surface area contributed by atoms with E-state index in [4.69, 9.17) is 8.83 Å². The van der Waals surface area contributed by atoms with Crippen molar-refractivity contribution in [3.05, 3.63) is 496 Å². The first kappa shape index (κ1) is 95.1. The minimum Gasteiger partial charge on any atom is -0.456 e. The van der Waals surface area contributed by atoms with E-state index >= 15 is 0 Å². The molecule has 30 aromatic rings. The average molecular weight is 1930 g/mol. The van der Waals surface area contributed by atoms with Crippen molar-refractivity contribution in [3.63, 3.8) is 0 Å². The van der Waals surface area contributed by atoms with Crippen molar-refractivity contribution in [2.75, 3.05) is 0 Å². The molecular formula is C139H116N6O2S. The summed E-state index contributed by atoms with van der Waals surface area (Å²) in [5, 5.41) is 22.8. The summed E-state index contributed by atoms with van der Waals surface area (Å²) in [6.07, 6.45) is 0. The van der Waals surface area contributed by atoms with Gasteiger partial charge in [0.25, 0.3) is 0 Å². The maximum Gasteiger partial charge on any atom is 0.137 e. The fourth-order valence-corrected chi connectivity index (χ4v) is 23.4. The molecule has 0 unspecified atom stereocenters. The SMILES string of the molecule is CC.CC.CC.CC.CC.CC1(C)c2ccccc2-c2cc3c4ccccc4n(-c4ccccc4)c3cc21.c1ccc(-n2c3ccccc3c3cc4c(cc32)oc2ccccc24)cc1.c1ccc(-n2c3ccccc3c3cc4c(cc32)oc2ccccc24)cc1.c1ccc(-n2c3ccccc3c3cc4c(cc32)sc2ccccc24)cc1.c1ccc(-n2c3ccccc3c3cc4c5ccccc5n(-c5ccccc5)c4cc32)cc1. The summed E-state index contributed by atoms with van der Waals surface area (Å²) in [5.41, 5.74) is 31.2. The van der Waals surface area contributed by atoms with Gasteiger partial charge >= 0.3 is 0 Å². The Balaban J connectivity index is 0.000000103. The van der Waals surface area contributed by atoms with E-state index in [-0.39, 0.29) is 5.41 Å². The third kappa shape index (κ3) is 16.4. The molecule has 1 aliphatic rings. The highest BCUT2D eigenvalue weighted by molar-refractivity contribution is 7.25. The van der Waals surface area contributed by atoms with Gasteiger partial charge in [0, 0.05) is 158 Å². The van der Waals surface area contributed by atoms with Crippen LogP contribution >= 0.6 is 11.3 Å². The molecule has 0 atom stereocenters. The van der Waals surface area contributed by atoms with Crippen LogP contribution in [0.3, 0.4) is 0 Å². The Hall–Kier alpha value is -17.8. The molecule has 0 saturated heterocycles. The number of benzene rings is 21. The Morgan fingerprint density at radius 1 is 0.155 bits per heavy atom. The van der Waals surface area contributed by atoms with Gasteiger partial charge in [-0.15, -0.1) is 11.3 Å². The average Bonchev–Trinajstić information content (AvgIpc) is 1.57. The lowest BCUT2D eigenvalue weighted by molar-refractivity contribution is 0.661. The molecule has 0 saturated carbocycles. The van der Waals surface area contributed by atoms with Gasteiger partial charge in [-0.1, -0.05) is 380 Å². The molecular weight excluding hydrogens is 1820 g/mol. The van der Waals surface area contributed by atoms with Crippen LogP contribution in [0.25, 0.3) is 240 Å². The fraction of sp³-hybridized carbons (Fsp3) is 0.0935. The summed E-state index contributed by atoms with van der Waals surface area (Å²) >= 11 is 1.88. The fourth-order valence-electron chi connectivity index (χ4n) is 22.3. The summed E-state index contributed by atoms with van der Waals surface area (Å²) in [5.74, 6) is 0. The number of furan rings is 2. The van der Waals surface area contributed by atoms with Gasteiger partial charge in [-0.2, -0.15) is 0 Å². The van der Waals surface area contributed by atoms with Crippen LogP contribution in [0.4, 0.5) is 0 Å². The zero-order valence-electron chi connectivity index (χ0n) is 85.6. The Kier molecular flexibility index (Phi) is 26.4. The van der Waals surface area contributed by atoms with E-state index in [0.29, 0.717) is 0 Å². The standard InChI is InChI=1S/C30H20N2.C27H21N.2C24H15NO.C24H15NS.5C2H6/c1-3-11-21(12-4-1)31-27-17-9-7-15-23(27)25-19-26-24-16-8-10-18-28(24)32(30(26)20-29(25)31)22-13-5-2-6-14-22;1-27(2)23-14-8-6-12-19(23)21-16-22-20-13-7-9-15-25(20)28(26(22)17-24(21)27)18-10-4-3-5-11-18;3*1-2-8-16(9-3-1)25-21-12-6-4-10-17(21)19-14-20-18-11-5-7-13-23(18)26-24(20)15-22(19)25;5*1-2/h1-20H;3-17H,1-2H3;3*1-15H;5*1-2H3. The van der Waals surface area contributed by atoms with Crippen LogP contribution in [0.1, 0.15) is 94.2 Å². The van der Waals surface area contributed by atoms with Crippen LogP contribution in [0.5, 0.6) is 0 Å². The van der Waals surface area contributed by atoms with Crippen molar-refractivity contribution in [3.8, 4) is 45.3 Å². The lowest BCUT2D eigenvalue weighted by Crippen LogP contribution is -2.14. The van der Waals surface area contributed by atoms with Gasteiger partial charge in [0.15, 0.2) is 0 Å². The zero-order chi connectivity index (χ0) is 101. The second-order valence-corrected chi connectivity index (χ2v) is 37.6. The maximum absolute atomic E-state index is 6.13. The molecule has 8 nitrogen and oxygen atoms in total. The van der Waals surface area contributed by atoms with Gasteiger partial charge in [0.1, 0.15) is 22.3 Å². The molecule has 0 aliphatic heterocycles. The van der Waals surface area contributed by atoms with E-state index in [1.807, 2.05) is 105 Å². The highest BCUT2D eigenvalue weighted by Gasteiger charge is 2.37. The van der Waals surface area contributed by atoms with Crippen molar-refractivity contribution in [2.45, 2.75) is 88.5 Å². The third-order valence-corrected chi connectivity index (χ3v) is 29.6. The van der Waals surface area contributed by atoms with Crippen LogP contribution in [0, 0.1) is 0 Å². The molecule has 0 spiro atoms. The van der Waals surface area contributed by atoms with Crippen LogP contribution in [0.2, 0.25) is 0 Å². The van der Waals surface area contributed by atoms with Crippen molar-refractivity contribution in [1.82, 2.24) is 27.4 Å². The Labute approximate surface area is 866 Å². The highest BCUT2D eigenvalue weighted by atomic mass is 32.1. The topological polar surface area (TPSA) is 55.9 Å². The number of hydrogen-bond donors (Lipinski definition) is 0. The van der Waals surface area contributed by atoms with E-state index in [2.05, 4.69) is 502 Å². The zero-order valence-corrected chi connectivity index (χ0v) is 86.4. The van der Waals surface area contributed by atoms with Gasteiger partial charge in [0.2, 0.25) is 0 Å². The van der Waals surface area contributed by atoms with Gasteiger partial charge in [-0.3, -0.25) is 0 Å². The second-order valence-electron chi connectivity index (χ2n) is 36.5. The molecule has 1 aliphatic carbocycles. The number of hydrogen-bond acceptors (Lipinski definition) is 3. The summed E-state index contributed by atoms with van der Waals surface area (Å²) in [6, 6.07) is 173. The van der Waals surface area contributed by atoms with Crippen molar-refractivity contribution >= 4 is 206 Å². The van der Waals surface area contributed by atoms with Crippen molar-refractivity contribution in [1.29, 1.82) is 0 Å². The maximum atomic E-state index is 6.13. The largest absolute Gasteiger partial charge is 0.456 e. The molecule has 9 heteroatoms. The monoisotopic (exact) mass is 1930 g/mol. The molecule has 0 N–H and O–H groups in total. The van der Waals surface area contributed by atoms with E-state index in [1.54, 1.807) is 0 Å². The molecule has 31 rings (SSSR count). The van der Waals surface area contributed by atoms with E-state index in [9.17, 15) is 0 Å². The van der Waals surface area contributed by atoms with E-state index < -0.39 is 0 Å². The first-order chi connectivity index (χ1) is 73.3. The molecule has 0 bridgehead atoms. The molecule has 148 heavy (non-hydrogen) atoms. The first-order valence-electron chi connectivity index (χ1n) is 52.3. The van der Waals surface area contributed by atoms with Crippen LogP contribution in [-0.2, 0) is 5.41 Å². The molecule has 720 valence electrons. The normalized spacial score (nSPS) is 11.7. The number of rotatable bonds is 6. The van der Waals surface area contributed by atoms with Crippen LogP contribution < -0.4 is 0 Å². The van der Waals surface area contributed by atoms with Gasteiger partial charge < -0.3 is 36.2 Å². The molecule has 9 heterocycles. The minimum atomic E-state index is 0.0120. The van der Waals surface area contributed by atoms with Crippen molar-refractivity contribution in [2.24, 2.45) is 0 Å². The minimum absolute atomic E-state index is 0.0120. The first-order valence-corrected chi connectivity index (χ1v) is 53.1. The third-order valence-electron chi connectivity index (χ3n) is 28.4. The van der Waals surface area contributed by atoms with E-state index in [0.717, 1.165) is 33.7 Å². The highest BCUT2D eigenvalue weighted by Crippen LogP contribution is 2.52. The number of fused-ring (bicyclic) bond motifs is 30. The van der Waals surface area contributed by atoms with Gasteiger partial charge in [-0.05, 0) is 198 Å². The van der Waals surface area contributed by atoms with Gasteiger partial charge in [-0.25, -0.2) is 0 Å². The molecule has 0 fully saturated rings. The van der Waals surface area contributed by atoms with Gasteiger partial charge in [0.05, 0.1) is 66.2 Å². The summed E-state index contributed by atoms with van der Waals surface area (Å²) in [7, 11) is 0. The summed E-state index contributed by atoms with van der Waals surface area (Å²) in [6.45, 7) is 24.7. The van der Waals surface area contributed by atoms with Crippen LogP contribution in [-0.4, -0.2) is 27.4 Å². The van der Waals surface area contributed by atoms with E-state index in [1.165, 1.54) is 218 Å². The lowest BCUT2D eigenvalue weighted by atomic mass is 9.82. The predicted molar refractivity (Wildman–Crippen MR) is 640 cm³/mol. The molecule has 21 aromatic carbocycles. The quantitative estimate of drug-likeness (QED) is 0.167. The Morgan fingerprint density at radius 2 is 0.399 bits per heavy atom. The predicted octanol–water partition coefficient (Wildman–Crippen LogP) is 40.6.